The van der Waals surface area contributed by atoms with Gasteiger partial charge in [-0.3, -0.25) is 9.78 Å². The molecule has 0 radical (unpaired) electrons. The van der Waals surface area contributed by atoms with Crippen molar-refractivity contribution in [1.29, 1.82) is 0 Å². The number of fused-ring (bicyclic) bond motifs is 1. The molecule has 0 aliphatic heterocycles. The van der Waals surface area contributed by atoms with E-state index >= 15 is 0 Å². The van der Waals surface area contributed by atoms with Crippen LogP contribution in [0.5, 0.6) is 0 Å². The Kier molecular flexibility index (Phi) is 3.73. The molecule has 0 spiro atoms. The molecule has 1 amide bonds. The van der Waals surface area contributed by atoms with Crippen LogP contribution in [0.25, 0.3) is 11.0 Å². The number of para-hydroxylation sites is 2. The number of hydrogen-bond donors (Lipinski definition) is 3. The zero-order chi connectivity index (χ0) is 13.9. The van der Waals surface area contributed by atoms with E-state index in [0.29, 0.717) is 11.0 Å². The predicted octanol–water partition coefficient (Wildman–Crippen LogP) is 0.103. The van der Waals surface area contributed by atoms with E-state index in [1.54, 1.807) is 12.1 Å². The molecule has 1 unspecified atom stereocenters. The van der Waals surface area contributed by atoms with Crippen LogP contribution in [-0.4, -0.2) is 44.8 Å². The number of carbonyl (C=O) groups is 1. The number of nitrogens with one attached hydrogen (secondary N) is 1. The summed E-state index contributed by atoms with van der Waals surface area (Å²) in [7, 11) is 0. The molecular formula is C13H15N3O3. The maximum absolute atomic E-state index is 11.8. The average Bonchev–Trinajstić information content (AvgIpc) is 2.44. The fourth-order valence-corrected chi connectivity index (χ4v) is 1.48. The number of nitrogens with zero attached hydrogens (tertiary/aromatic N) is 2. The first-order chi connectivity index (χ1) is 9.02. The second-order valence-electron chi connectivity index (χ2n) is 4.58. The van der Waals surface area contributed by atoms with Crippen molar-refractivity contribution in [3.8, 4) is 0 Å². The van der Waals surface area contributed by atoms with Crippen molar-refractivity contribution in [2.75, 3.05) is 13.2 Å². The van der Waals surface area contributed by atoms with Gasteiger partial charge in [0, 0.05) is 6.54 Å². The van der Waals surface area contributed by atoms with Gasteiger partial charge in [0.25, 0.3) is 5.91 Å². The van der Waals surface area contributed by atoms with Gasteiger partial charge < -0.3 is 15.5 Å². The molecule has 2 aromatic rings. The van der Waals surface area contributed by atoms with Gasteiger partial charge in [-0.1, -0.05) is 12.1 Å². The number of carbonyl (C=O) groups excluding carboxylic acids is 1. The van der Waals surface area contributed by atoms with Crippen LogP contribution in [0.2, 0.25) is 0 Å². The first-order valence-electron chi connectivity index (χ1n) is 5.85. The molecule has 0 aliphatic carbocycles. The van der Waals surface area contributed by atoms with Gasteiger partial charge in [0.1, 0.15) is 11.3 Å². The lowest BCUT2D eigenvalue weighted by molar-refractivity contribution is 0.00316. The summed E-state index contributed by atoms with van der Waals surface area (Å²) in [6.45, 7) is 0.937. The van der Waals surface area contributed by atoms with Crippen molar-refractivity contribution >= 4 is 16.9 Å². The van der Waals surface area contributed by atoms with E-state index in [2.05, 4.69) is 15.3 Å². The summed E-state index contributed by atoms with van der Waals surface area (Å²) < 4.78 is 0. The lowest BCUT2D eigenvalue weighted by Gasteiger charge is -2.20. The number of aliphatic hydroxyl groups excluding tert-OH is 1. The molecule has 2 rings (SSSR count). The highest BCUT2D eigenvalue weighted by Gasteiger charge is 2.20. The summed E-state index contributed by atoms with van der Waals surface area (Å²) in [4.78, 5) is 20.2. The summed E-state index contributed by atoms with van der Waals surface area (Å²) in [6.07, 6.45) is 1.38. The zero-order valence-electron chi connectivity index (χ0n) is 10.5. The normalized spacial score (nSPS) is 14.1. The Morgan fingerprint density at radius 1 is 1.37 bits per heavy atom. The summed E-state index contributed by atoms with van der Waals surface area (Å²) in [5.41, 5.74) is 0.165. The second-order valence-corrected chi connectivity index (χ2v) is 4.58. The molecule has 19 heavy (non-hydrogen) atoms. The minimum atomic E-state index is -1.35. The van der Waals surface area contributed by atoms with Crippen LogP contribution in [-0.2, 0) is 0 Å². The number of hydrogen-bond acceptors (Lipinski definition) is 5. The van der Waals surface area contributed by atoms with E-state index in [1.165, 1.54) is 13.1 Å². The van der Waals surface area contributed by atoms with Gasteiger partial charge in [-0.15, -0.1) is 0 Å². The molecule has 1 heterocycles. The van der Waals surface area contributed by atoms with Gasteiger partial charge in [-0.2, -0.15) is 0 Å². The van der Waals surface area contributed by atoms with Gasteiger partial charge in [0.05, 0.1) is 23.8 Å². The van der Waals surface area contributed by atoms with Crippen molar-refractivity contribution in [3.05, 3.63) is 36.2 Å². The molecular weight excluding hydrogens is 246 g/mol. The third kappa shape index (κ3) is 3.24. The van der Waals surface area contributed by atoms with E-state index in [-0.39, 0.29) is 12.2 Å². The van der Waals surface area contributed by atoms with Crippen LogP contribution in [0.3, 0.4) is 0 Å². The van der Waals surface area contributed by atoms with Gasteiger partial charge in [0.15, 0.2) is 0 Å². The molecule has 6 nitrogen and oxygen atoms in total. The molecule has 0 fully saturated rings. The number of amides is 1. The van der Waals surface area contributed by atoms with Crippen molar-refractivity contribution in [3.63, 3.8) is 0 Å². The van der Waals surface area contributed by atoms with Crippen LogP contribution in [0.4, 0.5) is 0 Å². The summed E-state index contributed by atoms with van der Waals surface area (Å²) in [5, 5.41) is 21.0. The zero-order valence-corrected chi connectivity index (χ0v) is 10.5. The van der Waals surface area contributed by atoms with Crippen LogP contribution in [0, 0.1) is 0 Å². The monoisotopic (exact) mass is 261 g/mol. The number of benzene rings is 1. The molecule has 0 saturated carbocycles. The minimum absolute atomic E-state index is 0.0587. The largest absolute Gasteiger partial charge is 0.393 e. The van der Waals surface area contributed by atoms with Crippen molar-refractivity contribution in [1.82, 2.24) is 15.3 Å². The van der Waals surface area contributed by atoms with Crippen molar-refractivity contribution in [2.45, 2.75) is 12.5 Å². The fourth-order valence-electron chi connectivity index (χ4n) is 1.48. The van der Waals surface area contributed by atoms with Gasteiger partial charge in [-0.25, -0.2) is 4.98 Å². The quantitative estimate of drug-likeness (QED) is 0.725. The smallest absolute Gasteiger partial charge is 0.271 e. The molecule has 3 N–H and O–H groups in total. The Hall–Kier alpha value is -2.05. The van der Waals surface area contributed by atoms with Crippen molar-refractivity contribution < 1.29 is 15.0 Å². The Labute approximate surface area is 110 Å². The fraction of sp³-hybridized carbons (Fsp3) is 0.308. The van der Waals surface area contributed by atoms with Crippen LogP contribution in [0.15, 0.2) is 30.5 Å². The van der Waals surface area contributed by atoms with E-state index in [9.17, 15) is 9.90 Å². The van der Waals surface area contributed by atoms with E-state index < -0.39 is 18.1 Å². The molecule has 1 atom stereocenters. The highest BCUT2D eigenvalue weighted by Crippen LogP contribution is 2.08. The van der Waals surface area contributed by atoms with E-state index in [1.807, 2.05) is 12.1 Å². The molecule has 100 valence electrons. The molecule has 1 aromatic carbocycles. The summed E-state index contributed by atoms with van der Waals surface area (Å²) in [6, 6.07) is 7.23. The Balaban J connectivity index is 2.13. The van der Waals surface area contributed by atoms with Gasteiger partial charge in [-0.05, 0) is 19.1 Å². The SMILES string of the molecule is CC(O)(CO)CNC(=O)c1cnc2ccccc2n1. The number of aromatic nitrogens is 2. The first-order valence-corrected chi connectivity index (χ1v) is 5.85. The molecule has 6 heteroatoms. The van der Waals surface area contributed by atoms with Gasteiger partial charge in [0.2, 0.25) is 0 Å². The van der Waals surface area contributed by atoms with E-state index in [4.69, 9.17) is 5.11 Å². The predicted molar refractivity (Wildman–Crippen MR) is 69.6 cm³/mol. The lowest BCUT2D eigenvalue weighted by Crippen LogP contribution is -2.43. The van der Waals surface area contributed by atoms with E-state index in [0.717, 1.165) is 0 Å². The van der Waals surface area contributed by atoms with Crippen LogP contribution in [0.1, 0.15) is 17.4 Å². The topological polar surface area (TPSA) is 95.3 Å². The van der Waals surface area contributed by atoms with Crippen molar-refractivity contribution in [2.24, 2.45) is 0 Å². The Morgan fingerprint density at radius 3 is 2.74 bits per heavy atom. The van der Waals surface area contributed by atoms with Crippen LogP contribution >= 0.6 is 0 Å². The first kappa shape index (κ1) is 13.4. The molecule has 0 aliphatic rings. The summed E-state index contributed by atoms with van der Waals surface area (Å²) in [5.74, 6) is -0.438. The minimum Gasteiger partial charge on any atom is -0.393 e. The highest BCUT2D eigenvalue weighted by atomic mass is 16.3. The molecule has 1 aromatic heterocycles. The second kappa shape index (κ2) is 5.29. The Morgan fingerprint density at radius 2 is 2.05 bits per heavy atom. The van der Waals surface area contributed by atoms with Gasteiger partial charge >= 0.3 is 0 Å². The standard InChI is InChI=1S/C13H15N3O3/c1-13(19,8-17)7-15-12(18)11-6-14-9-4-2-3-5-10(9)16-11/h2-6,17,19H,7-8H2,1H3,(H,15,18). The highest BCUT2D eigenvalue weighted by molar-refractivity contribution is 5.93. The maximum Gasteiger partial charge on any atom is 0.271 e. The third-order valence-electron chi connectivity index (χ3n) is 2.65. The molecule has 0 bridgehead atoms. The lowest BCUT2D eigenvalue weighted by atomic mass is 10.1. The maximum atomic E-state index is 11.8. The molecule has 0 saturated heterocycles. The number of rotatable bonds is 4. The van der Waals surface area contributed by atoms with Crippen LogP contribution < -0.4 is 5.32 Å². The summed E-state index contributed by atoms with van der Waals surface area (Å²) >= 11 is 0. The Bertz CT molecular complexity index is 598. The third-order valence-corrected chi connectivity index (χ3v) is 2.65. The number of aliphatic hydroxyl groups is 2. The average molecular weight is 261 g/mol.